The maximum absolute atomic E-state index is 13.0. The summed E-state index contributed by atoms with van der Waals surface area (Å²) >= 11 is 0. The van der Waals surface area contributed by atoms with Gasteiger partial charge < -0.3 is 20.4 Å². The van der Waals surface area contributed by atoms with Crippen LogP contribution in [0.1, 0.15) is 40.0 Å². The Kier molecular flexibility index (Phi) is 4.57. The molecule has 3 aliphatic heterocycles. The van der Waals surface area contributed by atoms with Crippen molar-refractivity contribution in [3.63, 3.8) is 0 Å². The van der Waals surface area contributed by atoms with Gasteiger partial charge in [-0.25, -0.2) is 0 Å². The van der Waals surface area contributed by atoms with Gasteiger partial charge >= 0.3 is 0 Å². The van der Waals surface area contributed by atoms with Gasteiger partial charge in [-0.05, 0) is 49.3 Å². The zero-order chi connectivity index (χ0) is 19.1. The lowest BCUT2D eigenvalue weighted by molar-refractivity contribution is 0.0664. The van der Waals surface area contributed by atoms with E-state index in [9.17, 15) is 4.79 Å². The third kappa shape index (κ3) is 3.09. The fraction of sp³-hybridized carbons (Fsp3) is 0.435. The fourth-order valence-electron chi connectivity index (χ4n) is 4.97. The number of piperazine rings is 1. The largest absolute Gasteiger partial charge is 0.378 e. The van der Waals surface area contributed by atoms with Crippen molar-refractivity contribution in [2.45, 2.75) is 18.5 Å². The van der Waals surface area contributed by atoms with Gasteiger partial charge in [-0.1, -0.05) is 30.3 Å². The zero-order valence-electron chi connectivity index (χ0n) is 16.4. The van der Waals surface area contributed by atoms with Crippen LogP contribution in [0.15, 0.2) is 48.5 Å². The van der Waals surface area contributed by atoms with Crippen molar-refractivity contribution in [2.24, 2.45) is 5.92 Å². The van der Waals surface area contributed by atoms with E-state index in [-0.39, 0.29) is 5.91 Å². The molecule has 2 fully saturated rings. The van der Waals surface area contributed by atoms with Crippen LogP contribution >= 0.6 is 0 Å². The summed E-state index contributed by atoms with van der Waals surface area (Å²) in [5.41, 5.74) is 4.55. The summed E-state index contributed by atoms with van der Waals surface area (Å²) in [4.78, 5) is 17.3. The standard InChI is InChI=1S/C23H28N4O/c1-26-11-13-27(14-12-26)23(28)17-7-8-20-19(15-17)22-18(9-10-24-22)21(25-20)16-5-3-2-4-6-16/h2-8,15,18,21-22,24-25H,9-14H2,1H3. The number of hydrogen-bond donors (Lipinski definition) is 2. The molecule has 5 rings (SSSR count). The summed E-state index contributed by atoms with van der Waals surface area (Å²) in [6.45, 7) is 4.54. The van der Waals surface area contributed by atoms with E-state index < -0.39 is 0 Å². The number of fused-ring (bicyclic) bond motifs is 3. The molecule has 28 heavy (non-hydrogen) atoms. The molecule has 3 aliphatic rings. The monoisotopic (exact) mass is 376 g/mol. The van der Waals surface area contributed by atoms with E-state index in [4.69, 9.17) is 0 Å². The van der Waals surface area contributed by atoms with Crippen LogP contribution in [-0.2, 0) is 0 Å². The van der Waals surface area contributed by atoms with Gasteiger partial charge in [0.1, 0.15) is 0 Å². The first kappa shape index (κ1) is 17.7. The summed E-state index contributed by atoms with van der Waals surface area (Å²) in [7, 11) is 2.11. The maximum Gasteiger partial charge on any atom is 0.253 e. The van der Waals surface area contributed by atoms with E-state index in [1.165, 1.54) is 11.1 Å². The smallest absolute Gasteiger partial charge is 0.253 e. The highest BCUT2D eigenvalue weighted by Gasteiger charge is 2.40. The van der Waals surface area contributed by atoms with Crippen molar-refractivity contribution < 1.29 is 4.79 Å². The van der Waals surface area contributed by atoms with Gasteiger partial charge in [0.2, 0.25) is 0 Å². The van der Waals surface area contributed by atoms with Crippen LogP contribution in [-0.4, -0.2) is 55.5 Å². The highest BCUT2D eigenvalue weighted by atomic mass is 16.2. The predicted molar refractivity (Wildman–Crippen MR) is 111 cm³/mol. The van der Waals surface area contributed by atoms with Gasteiger partial charge in [0, 0.05) is 49.4 Å². The molecule has 0 spiro atoms. The van der Waals surface area contributed by atoms with E-state index in [2.05, 4.69) is 65.0 Å². The number of carbonyl (C=O) groups is 1. The summed E-state index contributed by atoms with van der Waals surface area (Å²) in [5, 5.41) is 7.46. The highest BCUT2D eigenvalue weighted by Crippen LogP contribution is 2.47. The van der Waals surface area contributed by atoms with Crippen molar-refractivity contribution in [1.82, 2.24) is 15.1 Å². The number of nitrogens with zero attached hydrogens (tertiary/aromatic N) is 2. The highest BCUT2D eigenvalue weighted by molar-refractivity contribution is 5.95. The average Bonchev–Trinajstić information content (AvgIpc) is 3.24. The zero-order valence-corrected chi connectivity index (χ0v) is 16.4. The van der Waals surface area contributed by atoms with Crippen molar-refractivity contribution >= 4 is 11.6 Å². The lowest BCUT2D eigenvalue weighted by atomic mass is 9.80. The predicted octanol–water partition coefficient (Wildman–Crippen LogP) is 2.89. The molecule has 0 aliphatic carbocycles. The Morgan fingerprint density at radius 3 is 2.57 bits per heavy atom. The molecule has 2 saturated heterocycles. The van der Waals surface area contributed by atoms with E-state index in [1.807, 2.05) is 11.0 Å². The lowest BCUT2D eigenvalue weighted by Gasteiger charge is -2.38. The van der Waals surface area contributed by atoms with Gasteiger partial charge in [-0.15, -0.1) is 0 Å². The van der Waals surface area contributed by atoms with Crippen molar-refractivity contribution in [3.8, 4) is 0 Å². The molecule has 2 aromatic rings. The first-order valence-electron chi connectivity index (χ1n) is 10.4. The molecule has 0 bridgehead atoms. The number of anilines is 1. The second kappa shape index (κ2) is 7.22. The van der Waals surface area contributed by atoms with Gasteiger partial charge in [-0.2, -0.15) is 0 Å². The molecule has 3 unspecified atom stereocenters. The molecule has 1 amide bonds. The Balaban J connectivity index is 1.44. The van der Waals surface area contributed by atoms with Crippen LogP contribution in [0.25, 0.3) is 0 Å². The van der Waals surface area contributed by atoms with Gasteiger partial charge in [-0.3, -0.25) is 4.79 Å². The number of nitrogens with one attached hydrogen (secondary N) is 2. The number of hydrogen-bond acceptors (Lipinski definition) is 4. The summed E-state index contributed by atoms with van der Waals surface area (Å²) in [5.74, 6) is 0.666. The van der Waals surface area contributed by atoms with Crippen molar-refractivity contribution in [3.05, 3.63) is 65.2 Å². The average molecular weight is 377 g/mol. The second-order valence-electron chi connectivity index (χ2n) is 8.31. The first-order chi connectivity index (χ1) is 13.7. The summed E-state index contributed by atoms with van der Waals surface area (Å²) in [6, 6.07) is 17.6. The Bertz CT molecular complexity index is 860. The SMILES string of the molecule is CN1CCN(C(=O)c2ccc3c(c2)C2NCCC2C(c2ccccc2)N3)CC1. The van der Waals surface area contributed by atoms with Gasteiger partial charge in [0.05, 0.1) is 6.04 Å². The Morgan fingerprint density at radius 1 is 1.00 bits per heavy atom. The molecule has 3 heterocycles. The molecule has 2 N–H and O–H groups in total. The van der Waals surface area contributed by atoms with E-state index in [0.29, 0.717) is 18.0 Å². The summed E-state index contributed by atoms with van der Waals surface area (Å²) < 4.78 is 0. The van der Waals surface area contributed by atoms with Crippen LogP contribution in [0, 0.1) is 5.92 Å². The molecular weight excluding hydrogens is 348 g/mol. The minimum absolute atomic E-state index is 0.163. The quantitative estimate of drug-likeness (QED) is 0.846. The minimum atomic E-state index is 0.163. The minimum Gasteiger partial charge on any atom is -0.378 e. The maximum atomic E-state index is 13.0. The van der Waals surface area contributed by atoms with Gasteiger partial charge in [0.25, 0.3) is 5.91 Å². The molecular formula is C23H28N4O. The Labute approximate surface area is 166 Å². The normalized spacial score (nSPS) is 27.0. The topological polar surface area (TPSA) is 47.6 Å². The number of benzene rings is 2. The molecule has 0 radical (unpaired) electrons. The molecule has 0 saturated carbocycles. The van der Waals surface area contributed by atoms with Crippen molar-refractivity contribution in [1.29, 1.82) is 0 Å². The molecule has 3 atom stereocenters. The molecule has 2 aromatic carbocycles. The fourth-order valence-corrected chi connectivity index (χ4v) is 4.97. The third-order valence-corrected chi connectivity index (χ3v) is 6.59. The van der Waals surface area contributed by atoms with Crippen molar-refractivity contribution in [2.75, 3.05) is 45.1 Å². The number of rotatable bonds is 2. The van der Waals surface area contributed by atoms with Gasteiger partial charge in [0.15, 0.2) is 0 Å². The van der Waals surface area contributed by atoms with E-state index >= 15 is 0 Å². The Hall–Kier alpha value is -2.37. The second-order valence-corrected chi connectivity index (χ2v) is 8.31. The molecule has 5 heteroatoms. The Morgan fingerprint density at radius 2 is 1.79 bits per heavy atom. The molecule has 0 aromatic heterocycles. The first-order valence-corrected chi connectivity index (χ1v) is 10.4. The molecule has 5 nitrogen and oxygen atoms in total. The lowest BCUT2D eigenvalue weighted by Crippen LogP contribution is -2.47. The van der Waals surface area contributed by atoms with Crippen LogP contribution in [0.4, 0.5) is 5.69 Å². The van der Waals surface area contributed by atoms with E-state index in [1.54, 1.807) is 0 Å². The summed E-state index contributed by atoms with van der Waals surface area (Å²) in [6.07, 6.45) is 1.15. The number of amides is 1. The number of likely N-dealkylation sites (N-methyl/N-ethyl adjacent to an activating group) is 1. The van der Waals surface area contributed by atoms with Crippen LogP contribution in [0.3, 0.4) is 0 Å². The van der Waals surface area contributed by atoms with Crippen LogP contribution in [0.2, 0.25) is 0 Å². The van der Waals surface area contributed by atoms with Crippen LogP contribution < -0.4 is 10.6 Å². The third-order valence-electron chi connectivity index (χ3n) is 6.59. The van der Waals surface area contributed by atoms with Crippen LogP contribution in [0.5, 0.6) is 0 Å². The molecule has 146 valence electrons. The van der Waals surface area contributed by atoms with E-state index in [0.717, 1.165) is 50.4 Å². The number of carbonyl (C=O) groups excluding carboxylic acids is 1.